The molecular formula is C18H20N2. The molecule has 0 aliphatic rings. The van der Waals surface area contributed by atoms with Crippen LogP contribution in [0.15, 0.2) is 24.5 Å². The first-order valence-corrected chi connectivity index (χ1v) is 7.32. The van der Waals surface area contributed by atoms with E-state index in [-0.39, 0.29) is 0 Å². The maximum Gasteiger partial charge on any atom is 0.0967 e. The lowest BCUT2D eigenvalue weighted by atomic mass is 9.96. The van der Waals surface area contributed by atoms with Crippen LogP contribution in [0.3, 0.4) is 0 Å². The van der Waals surface area contributed by atoms with Crippen molar-refractivity contribution in [2.24, 2.45) is 0 Å². The van der Waals surface area contributed by atoms with Crippen molar-refractivity contribution in [3.05, 3.63) is 46.8 Å². The number of aryl methyl sites for hydroxylation is 4. The molecule has 2 aromatic heterocycles. The van der Waals surface area contributed by atoms with E-state index in [2.05, 4.69) is 49.8 Å². The second-order valence-corrected chi connectivity index (χ2v) is 5.44. The van der Waals surface area contributed by atoms with Gasteiger partial charge >= 0.3 is 0 Å². The quantitative estimate of drug-likeness (QED) is 0.636. The molecular weight excluding hydrogens is 244 g/mol. The maximum atomic E-state index is 4.68. The molecule has 0 atom stereocenters. The van der Waals surface area contributed by atoms with Gasteiger partial charge in [0.1, 0.15) is 0 Å². The molecule has 0 aliphatic heterocycles. The molecule has 1 aromatic carbocycles. The summed E-state index contributed by atoms with van der Waals surface area (Å²) in [7, 11) is 0. The number of benzene rings is 1. The Balaban J connectivity index is 2.47. The van der Waals surface area contributed by atoms with E-state index in [1.54, 1.807) is 0 Å². The summed E-state index contributed by atoms with van der Waals surface area (Å²) in [6.45, 7) is 8.71. The van der Waals surface area contributed by atoms with Crippen molar-refractivity contribution in [3.63, 3.8) is 0 Å². The monoisotopic (exact) mass is 264 g/mol. The fraction of sp³-hybridized carbons (Fsp3) is 0.333. The molecule has 0 fully saturated rings. The van der Waals surface area contributed by atoms with Crippen molar-refractivity contribution in [1.29, 1.82) is 0 Å². The van der Waals surface area contributed by atoms with Crippen LogP contribution in [0.1, 0.15) is 36.1 Å². The fourth-order valence-electron chi connectivity index (χ4n) is 2.76. The van der Waals surface area contributed by atoms with Crippen LogP contribution >= 0.6 is 0 Å². The van der Waals surface area contributed by atoms with E-state index in [1.807, 2.05) is 12.4 Å². The molecule has 0 N–H and O–H groups in total. The summed E-state index contributed by atoms with van der Waals surface area (Å²) in [4.78, 5) is 9.35. The third kappa shape index (κ3) is 1.87. The van der Waals surface area contributed by atoms with Crippen LogP contribution in [0.2, 0.25) is 0 Å². The molecule has 0 bridgehead atoms. The van der Waals surface area contributed by atoms with Crippen molar-refractivity contribution >= 4 is 21.8 Å². The van der Waals surface area contributed by atoms with Gasteiger partial charge in [-0.2, -0.15) is 0 Å². The Hall–Kier alpha value is -1.96. The summed E-state index contributed by atoms with van der Waals surface area (Å²) in [5.41, 5.74) is 7.27. The normalized spacial score (nSPS) is 11.4. The summed E-state index contributed by atoms with van der Waals surface area (Å²) in [5.74, 6) is 0. The van der Waals surface area contributed by atoms with Crippen LogP contribution in [-0.2, 0) is 12.8 Å². The Bertz CT molecular complexity index is 735. The smallest absolute Gasteiger partial charge is 0.0967 e. The average Bonchev–Trinajstić information content (AvgIpc) is 2.51. The second-order valence-electron chi connectivity index (χ2n) is 5.44. The van der Waals surface area contributed by atoms with E-state index in [0.717, 1.165) is 23.9 Å². The summed E-state index contributed by atoms with van der Waals surface area (Å²) in [5, 5.41) is 2.48. The topological polar surface area (TPSA) is 25.8 Å². The lowest BCUT2D eigenvalue weighted by molar-refractivity contribution is 1.11. The zero-order chi connectivity index (χ0) is 14.3. The molecule has 0 spiro atoms. The Morgan fingerprint density at radius 2 is 1.15 bits per heavy atom. The van der Waals surface area contributed by atoms with Crippen molar-refractivity contribution < 1.29 is 0 Å². The largest absolute Gasteiger partial charge is 0.254 e. The number of hydrogen-bond donors (Lipinski definition) is 0. The lowest BCUT2D eigenvalue weighted by Gasteiger charge is -2.12. The number of rotatable bonds is 2. The van der Waals surface area contributed by atoms with Crippen LogP contribution in [0, 0.1) is 13.8 Å². The molecule has 0 saturated heterocycles. The molecule has 2 heterocycles. The zero-order valence-electron chi connectivity index (χ0n) is 12.6. The molecule has 2 heteroatoms. The van der Waals surface area contributed by atoms with Gasteiger partial charge in [0, 0.05) is 23.2 Å². The van der Waals surface area contributed by atoms with E-state index in [0.29, 0.717) is 0 Å². The van der Waals surface area contributed by atoms with Crippen LogP contribution in [0.4, 0.5) is 0 Å². The standard InChI is InChI=1S/C18H20N2/c1-5-13-7-15-11(3)12(4)16-8-14(6-2)10-20-18(16)17(15)19-9-13/h7-10H,5-6H2,1-4H3. The zero-order valence-corrected chi connectivity index (χ0v) is 12.6. The van der Waals surface area contributed by atoms with Gasteiger partial charge in [-0.25, -0.2) is 0 Å². The minimum atomic E-state index is 1.02. The van der Waals surface area contributed by atoms with Crippen molar-refractivity contribution in [2.45, 2.75) is 40.5 Å². The van der Waals surface area contributed by atoms with Gasteiger partial charge in [-0.15, -0.1) is 0 Å². The van der Waals surface area contributed by atoms with Gasteiger partial charge < -0.3 is 0 Å². The number of fused-ring (bicyclic) bond motifs is 3. The lowest BCUT2D eigenvalue weighted by Crippen LogP contribution is -1.95. The van der Waals surface area contributed by atoms with E-state index in [1.165, 1.54) is 33.0 Å². The van der Waals surface area contributed by atoms with Crippen LogP contribution in [-0.4, -0.2) is 9.97 Å². The first-order chi connectivity index (χ1) is 9.65. The van der Waals surface area contributed by atoms with Gasteiger partial charge in [-0.3, -0.25) is 9.97 Å². The predicted octanol–water partition coefficient (Wildman–Crippen LogP) is 4.52. The van der Waals surface area contributed by atoms with Gasteiger partial charge in [-0.1, -0.05) is 13.8 Å². The third-order valence-corrected chi connectivity index (χ3v) is 4.30. The Labute approximate surface area is 119 Å². The summed E-state index contributed by atoms with van der Waals surface area (Å²) < 4.78 is 0. The number of aromatic nitrogens is 2. The molecule has 2 nitrogen and oxygen atoms in total. The highest BCUT2D eigenvalue weighted by molar-refractivity contribution is 6.06. The van der Waals surface area contributed by atoms with E-state index in [4.69, 9.17) is 0 Å². The highest BCUT2D eigenvalue weighted by Gasteiger charge is 2.11. The van der Waals surface area contributed by atoms with Gasteiger partial charge in [0.05, 0.1) is 11.0 Å². The third-order valence-electron chi connectivity index (χ3n) is 4.30. The van der Waals surface area contributed by atoms with E-state index in [9.17, 15) is 0 Å². The Kier molecular flexibility index (Phi) is 3.17. The molecule has 0 aliphatic carbocycles. The van der Waals surface area contributed by atoms with Crippen LogP contribution in [0.25, 0.3) is 21.8 Å². The highest BCUT2D eigenvalue weighted by atomic mass is 14.7. The van der Waals surface area contributed by atoms with Crippen LogP contribution in [0.5, 0.6) is 0 Å². The van der Waals surface area contributed by atoms with Gasteiger partial charge in [0.25, 0.3) is 0 Å². The average molecular weight is 264 g/mol. The molecule has 0 amide bonds. The number of nitrogens with zero attached hydrogens (tertiary/aromatic N) is 2. The van der Waals surface area contributed by atoms with E-state index >= 15 is 0 Å². The number of hydrogen-bond acceptors (Lipinski definition) is 2. The first-order valence-electron chi connectivity index (χ1n) is 7.32. The molecule has 0 radical (unpaired) electrons. The molecule has 20 heavy (non-hydrogen) atoms. The minimum absolute atomic E-state index is 1.02. The van der Waals surface area contributed by atoms with Gasteiger partial charge in [0.2, 0.25) is 0 Å². The molecule has 3 rings (SSSR count). The highest BCUT2D eigenvalue weighted by Crippen LogP contribution is 2.30. The maximum absolute atomic E-state index is 4.68. The second kappa shape index (κ2) is 4.86. The Morgan fingerprint density at radius 3 is 1.50 bits per heavy atom. The summed E-state index contributed by atoms with van der Waals surface area (Å²) in [6.07, 6.45) is 5.99. The first kappa shape index (κ1) is 13.0. The van der Waals surface area contributed by atoms with E-state index < -0.39 is 0 Å². The predicted molar refractivity (Wildman–Crippen MR) is 85.3 cm³/mol. The van der Waals surface area contributed by atoms with Gasteiger partial charge in [-0.05, 0) is 61.1 Å². The van der Waals surface area contributed by atoms with Crippen LogP contribution < -0.4 is 0 Å². The molecule has 0 saturated carbocycles. The summed E-state index contributed by atoms with van der Waals surface area (Å²) in [6, 6.07) is 4.53. The SMILES string of the molecule is CCc1cnc2c(c1)c(C)c(C)c1cc(CC)cnc12. The minimum Gasteiger partial charge on any atom is -0.254 e. The molecule has 0 unspecified atom stereocenters. The van der Waals surface area contributed by atoms with Crippen molar-refractivity contribution in [3.8, 4) is 0 Å². The van der Waals surface area contributed by atoms with Crippen molar-refractivity contribution in [1.82, 2.24) is 9.97 Å². The summed E-state index contributed by atoms with van der Waals surface area (Å²) >= 11 is 0. The fourth-order valence-corrected chi connectivity index (χ4v) is 2.76. The Morgan fingerprint density at radius 1 is 0.750 bits per heavy atom. The molecule has 102 valence electrons. The van der Waals surface area contributed by atoms with Gasteiger partial charge in [0.15, 0.2) is 0 Å². The molecule has 3 aromatic rings. The van der Waals surface area contributed by atoms with Crippen molar-refractivity contribution in [2.75, 3.05) is 0 Å². The number of pyridine rings is 2.